The van der Waals surface area contributed by atoms with Gasteiger partial charge in [-0.1, -0.05) is 18.9 Å². The van der Waals surface area contributed by atoms with Crippen molar-refractivity contribution >= 4 is 6.29 Å². The Kier molecular flexibility index (Phi) is 1.68. The van der Waals surface area contributed by atoms with Crippen LogP contribution in [-0.2, 0) is 4.79 Å². The maximum absolute atomic E-state index is 10.4. The molecule has 1 fully saturated rings. The van der Waals surface area contributed by atoms with Crippen molar-refractivity contribution in [1.29, 1.82) is 0 Å². The maximum atomic E-state index is 10.4. The molecule has 2 aliphatic rings. The van der Waals surface area contributed by atoms with Gasteiger partial charge in [0.05, 0.1) is 5.70 Å². The summed E-state index contributed by atoms with van der Waals surface area (Å²) in [6.07, 6.45) is 8.16. The smallest absolute Gasteiger partial charge is 0.165 e. The molecule has 2 atom stereocenters. The molecule has 2 heteroatoms. The van der Waals surface area contributed by atoms with E-state index in [9.17, 15) is 4.79 Å². The topological polar surface area (TPSA) is 29.1 Å². The fourth-order valence-corrected chi connectivity index (χ4v) is 2.10. The van der Waals surface area contributed by atoms with Gasteiger partial charge in [0.2, 0.25) is 0 Å². The molecule has 2 nitrogen and oxygen atoms in total. The van der Waals surface area contributed by atoms with Crippen LogP contribution in [0.3, 0.4) is 0 Å². The van der Waals surface area contributed by atoms with Crippen LogP contribution in [0.25, 0.3) is 0 Å². The molecule has 0 aromatic heterocycles. The lowest BCUT2D eigenvalue weighted by Crippen LogP contribution is -2.31. The number of carbonyl (C=O) groups excluding carboxylic acids is 1. The molecule has 1 aliphatic carbocycles. The molecule has 0 saturated heterocycles. The number of hydrogen-bond donors (Lipinski definition) is 1. The Labute approximate surface area is 66.7 Å². The second-order valence-electron chi connectivity index (χ2n) is 3.44. The van der Waals surface area contributed by atoms with Crippen LogP contribution >= 0.6 is 0 Å². The number of carbonyl (C=O) groups is 1. The highest BCUT2D eigenvalue weighted by Crippen LogP contribution is 2.30. The van der Waals surface area contributed by atoms with Crippen LogP contribution in [-0.4, -0.2) is 12.3 Å². The molecule has 60 valence electrons. The Morgan fingerprint density at radius 2 is 2.27 bits per heavy atom. The third kappa shape index (κ3) is 1.17. The Morgan fingerprint density at radius 1 is 1.45 bits per heavy atom. The van der Waals surface area contributed by atoms with Crippen molar-refractivity contribution < 1.29 is 4.79 Å². The lowest BCUT2D eigenvalue weighted by atomic mass is 9.86. The normalized spacial score (nSPS) is 35.5. The third-order valence-electron chi connectivity index (χ3n) is 2.69. The van der Waals surface area contributed by atoms with E-state index >= 15 is 0 Å². The summed E-state index contributed by atoms with van der Waals surface area (Å²) in [7, 11) is 0. The van der Waals surface area contributed by atoms with Gasteiger partial charge < -0.3 is 5.32 Å². The molecule has 1 heterocycles. The molecule has 0 aromatic rings. The fourth-order valence-electron chi connectivity index (χ4n) is 2.10. The molecule has 1 aliphatic heterocycles. The minimum Gasteiger partial charge on any atom is -0.379 e. The Balaban J connectivity index is 2.07. The molecule has 0 spiro atoms. The van der Waals surface area contributed by atoms with E-state index in [2.05, 4.69) is 11.4 Å². The highest BCUT2D eigenvalue weighted by Gasteiger charge is 2.28. The van der Waals surface area contributed by atoms with Crippen LogP contribution < -0.4 is 5.32 Å². The van der Waals surface area contributed by atoms with Crippen molar-refractivity contribution in [1.82, 2.24) is 5.32 Å². The highest BCUT2D eigenvalue weighted by molar-refractivity contribution is 5.73. The predicted molar refractivity (Wildman–Crippen MR) is 43.0 cm³/mol. The van der Waals surface area contributed by atoms with Crippen LogP contribution in [0.1, 0.15) is 25.7 Å². The van der Waals surface area contributed by atoms with Gasteiger partial charge in [0.25, 0.3) is 0 Å². The third-order valence-corrected chi connectivity index (χ3v) is 2.69. The summed E-state index contributed by atoms with van der Waals surface area (Å²) in [6.45, 7) is 0. The van der Waals surface area contributed by atoms with Gasteiger partial charge >= 0.3 is 0 Å². The van der Waals surface area contributed by atoms with E-state index < -0.39 is 0 Å². The van der Waals surface area contributed by atoms with Crippen molar-refractivity contribution in [3.63, 3.8) is 0 Å². The van der Waals surface area contributed by atoms with E-state index in [1.165, 1.54) is 25.7 Å². The largest absolute Gasteiger partial charge is 0.379 e. The number of hydrogen-bond acceptors (Lipinski definition) is 2. The van der Waals surface area contributed by atoms with Gasteiger partial charge in [-0.2, -0.15) is 0 Å². The monoisotopic (exact) mass is 151 g/mol. The fraction of sp³-hybridized carbons (Fsp3) is 0.667. The SMILES string of the molecule is O=CC1=CC2CCCCC2N1. The lowest BCUT2D eigenvalue weighted by Gasteiger charge is -2.24. The van der Waals surface area contributed by atoms with E-state index in [1.54, 1.807) is 0 Å². The molecule has 2 rings (SSSR count). The minimum absolute atomic E-state index is 0.573. The summed E-state index contributed by atoms with van der Waals surface area (Å²) < 4.78 is 0. The number of nitrogens with one attached hydrogen (secondary N) is 1. The van der Waals surface area contributed by atoms with Gasteiger partial charge in [-0.3, -0.25) is 4.79 Å². The molecule has 11 heavy (non-hydrogen) atoms. The number of rotatable bonds is 1. The van der Waals surface area contributed by atoms with Crippen LogP contribution in [0, 0.1) is 5.92 Å². The van der Waals surface area contributed by atoms with E-state index in [0.29, 0.717) is 12.0 Å². The summed E-state index contributed by atoms with van der Waals surface area (Å²) in [6, 6.07) is 0.573. The van der Waals surface area contributed by atoms with Gasteiger partial charge in [-0.25, -0.2) is 0 Å². The van der Waals surface area contributed by atoms with E-state index in [-0.39, 0.29) is 0 Å². The molecular weight excluding hydrogens is 138 g/mol. The van der Waals surface area contributed by atoms with Crippen LogP contribution in [0.2, 0.25) is 0 Å². The van der Waals surface area contributed by atoms with Gasteiger partial charge in [-0.05, 0) is 18.8 Å². The molecule has 0 amide bonds. The van der Waals surface area contributed by atoms with Gasteiger partial charge in [-0.15, -0.1) is 0 Å². The van der Waals surface area contributed by atoms with Gasteiger partial charge in [0.15, 0.2) is 6.29 Å². The van der Waals surface area contributed by atoms with Gasteiger partial charge in [0.1, 0.15) is 0 Å². The van der Waals surface area contributed by atoms with Crippen molar-refractivity contribution in [2.75, 3.05) is 0 Å². The first-order valence-electron chi connectivity index (χ1n) is 4.33. The van der Waals surface area contributed by atoms with Crippen molar-refractivity contribution in [3.05, 3.63) is 11.8 Å². The molecule has 0 bridgehead atoms. The number of fused-ring (bicyclic) bond motifs is 1. The predicted octanol–water partition coefficient (Wildman–Crippen LogP) is 1.23. The van der Waals surface area contributed by atoms with Crippen molar-refractivity contribution in [3.8, 4) is 0 Å². The minimum atomic E-state index is 0.573. The number of allylic oxidation sites excluding steroid dienone is 1. The molecule has 0 aromatic carbocycles. The Hall–Kier alpha value is -0.790. The molecule has 0 radical (unpaired) electrons. The van der Waals surface area contributed by atoms with Crippen molar-refractivity contribution in [2.45, 2.75) is 31.7 Å². The van der Waals surface area contributed by atoms with E-state index in [1.807, 2.05) is 0 Å². The second-order valence-corrected chi connectivity index (χ2v) is 3.44. The number of aldehydes is 1. The summed E-state index contributed by atoms with van der Waals surface area (Å²) >= 11 is 0. The zero-order valence-electron chi connectivity index (χ0n) is 6.55. The summed E-state index contributed by atoms with van der Waals surface area (Å²) in [5.74, 6) is 0.643. The zero-order chi connectivity index (χ0) is 7.68. The molecular formula is C9H13NO. The first-order valence-corrected chi connectivity index (χ1v) is 4.33. The standard InChI is InChI=1S/C9H13NO/c11-6-8-5-7-3-1-2-4-9(7)10-8/h5-7,9-10H,1-4H2. The van der Waals surface area contributed by atoms with Crippen molar-refractivity contribution in [2.24, 2.45) is 5.92 Å². The van der Waals surface area contributed by atoms with Crippen LogP contribution in [0.4, 0.5) is 0 Å². The Bertz CT molecular complexity index is 198. The maximum Gasteiger partial charge on any atom is 0.165 e. The molecule has 2 unspecified atom stereocenters. The summed E-state index contributed by atoms with van der Waals surface area (Å²) in [5.41, 5.74) is 0.807. The average molecular weight is 151 g/mol. The van der Waals surface area contributed by atoms with E-state index in [4.69, 9.17) is 0 Å². The lowest BCUT2D eigenvalue weighted by molar-refractivity contribution is -0.105. The zero-order valence-corrected chi connectivity index (χ0v) is 6.55. The highest BCUT2D eigenvalue weighted by atomic mass is 16.1. The first-order chi connectivity index (χ1) is 5.40. The van der Waals surface area contributed by atoms with Crippen LogP contribution in [0.5, 0.6) is 0 Å². The quantitative estimate of drug-likeness (QED) is 0.571. The average Bonchev–Trinajstić information content (AvgIpc) is 2.46. The second kappa shape index (κ2) is 2.68. The first kappa shape index (κ1) is 6.89. The molecule has 1 saturated carbocycles. The molecule has 1 N–H and O–H groups in total. The summed E-state index contributed by atoms with van der Waals surface area (Å²) in [5, 5.41) is 3.24. The van der Waals surface area contributed by atoms with Crippen LogP contribution in [0.15, 0.2) is 11.8 Å². The van der Waals surface area contributed by atoms with Gasteiger partial charge in [0, 0.05) is 6.04 Å². The Morgan fingerprint density at radius 3 is 3.00 bits per heavy atom. The summed E-state index contributed by atoms with van der Waals surface area (Å²) in [4.78, 5) is 10.4. The van der Waals surface area contributed by atoms with E-state index in [0.717, 1.165) is 12.0 Å².